The first kappa shape index (κ1) is 20.2. The molecule has 2 heterocycles. The molecule has 1 aliphatic rings. The Bertz CT molecular complexity index is 718. The fraction of sp³-hybridized carbons (Fsp3) is 0.400. The van der Waals surface area contributed by atoms with Crippen LogP contribution >= 0.6 is 0 Å². The molecule has 10 nitrogen and oxygen atoms in total. The molecule has 0 spiro atoms. The smallest absolute Gasteiger partial charge is 0.391 e. The SMILES string of the molecule is Cn1cc[n+](C)c1/N=N/c1ccc(N2CCC(O)C2)cc1.[O-][Cl+3]([O-])([O-])[O-]. The zero-order chi connectivity index (χ0) is 19.3. The molecule has 1 fully saturated rings. The van der Waals surface area contributed by atoms with Crippen molar-refractivity contribution in [1.29, 1.82) is 0 Å². The maximum atomic E-state index is 9.58. The molecule has 26 heavy (non-hydrogen) atoms. The number of nitrogens with zero attached hydrogens (tertiary/aromatic N) is 5. The highest BCUT2D eigenvalue weighted by Crippen LogP contribution is 2.24. The molecule has 1 aliphatic heterocycles. The van der Waals surface area contributed by atoms with Crippen LogP contribution in [0.5, 0.6) is 0 Å². The number of rotatable bonds is 3. The average molecular weight is 386 g/mol. The second kappa shape index (κ2) is 8.54. The molecule has 0 radical (unpaired) electrons. The van der Waals surface area contributed by atoms with Crippen LogP contribution in [0.3, 0.4) is 0 Å². The molecule has 0 bridgehead atoms. The topological polar surface area (TPSA) is 149 Å². The Labute approximate surface area is 152 Å². The highest BCUT2D eigenvalue weighted by atomic mass is 35.7. The van der Waals surface area contributed by atoms with E-state index < -0.39 is 10.2 Å². The minimum atomic E-state index is -4.94. The van der Waals surface area contributed by atoms with Gasteiger partial charge in [-0.05, 0) is 30.7 Å². The quantitative estimate of drug-likeness (QED) is 0.441. The Hall–Kier alpha value is -2.08. The summed E-state index contributed by atoms with van der Waals surface area (Å²) in [6.07, 6.45) is 4.51. The van der Waals surface area contributed by atoms with Crippen molar-refractivity contribution in [3.05, 3.63) is 36.7 Å². The summed E-state index contributed by atoms with van der Waals surface area (Å²) >= 11 is 0. The zero-order valence-corrected chi connectivity index (χ0v) is 15.1. The van der Waals surface area contributed by atoms with Gasteiger partial charge in [0.2, 0.25) is 0 Å². The monoisotopic (exact) mass is 385 g/mol. The maximum absolute atomic E-state index is 9.58. The van der Waals surface area contributed by atoms with Crippen LogP contribution in [0, 0.1) is 10.2 Å². The van der Waals surface area contributed by atoms with Crippen molar-refractivity contribution in [2.24, 2.45) is 24.3 Å². The lowest BCUT2D eigenvalue weighted by Gasteiger charge is -2.17. The van der Waals surface area contributed by atoms with E-state index in [0.717, 1.165) is 30.3 Å². The van der Waals surface area contributed by atoms with E-state index >= 15 is 0 Å². The molecule has 0 saturated carbocycles. The van der Waals surface area contributed by atoms with Crippen LogP contribution in [0.4, 0.5) is 17.3 Å². The van der Waals surface area contributed by atoms with Gasteiger partial charge in [-0.25, -0.2) is 27.8 Å². The number of β-amino-alcohol motifs (C(OH)–C–C–N with tert-alkyl or cyclic N) is 1. The third kappa shape index (κ3) is 6.33. The van der Waals surface area contributed by atoms with E-state index in [4.69, 9.17) is 18.6 Å². The lowest BCUT2D eigenvalue weighted by atomic mass is 10.2. The molecule has 1 saturated heterocycles. The minimum Gasteiger partial charge on any atom is -0.391 e. The van der Waals surface area contributed by atoms with Crippen LogP contribution < -0.4 is 28.1 Å². The van der Waals surface area contributed by atoms with Crippen LogP contribution in [0.25, 0.3) is 0 Å². The largest absolute Gasteiger partial charge is 0.421 e. The predicted octanol–water partition coefficient (Wildman–Crippen LogP) is -2.92. The van der Waals surface area contributed by atoms with Gasteiger partial charge in [0.25, 0.3) is 0 Å². The van der Waals surface area contributed by atoms with Gasteiger partial charge >= 0.3 is 5.95 Å². The van der Waals surface area contributed by atoms with Gasteiger partial charge < -0.3 is 10.0 Å². The van der Waals surface area contributed by atoms with E-state index in [1.165, 1.54) is 0 Å². The van der Waals surface area contributed by atoms with E-state index in [-0.39, 0.29) is 6.10 Å². The standard InChI is InChI=1S/C15H20N5O.ClHO4/c1-18-9-10-19(2)15(18)17-16-12-3-5-13(6-4-12)20-8-7-14(21)11-20;2-1(3,4)5/h3-6,9-10,14,21H,7-8,11H2,1-2H3;(H,2,3,4,5)/q+1;/p-1. The summed E-state index contributed by atoms with van der Waals surface area (Å²) in [7, 11) is -1.06. The summed E-state index contributed by atoms with van der Waals surface area (Å²) in [6, 6.07) is 7.95. The van der Waals surface area contributed by atoms with Gasteiger partial charge in [0, 0.05) is 23.9 Å². The summed E-state index contributed by atoms with van der Waals surface area (Å²) in [6.45, 7) is 1.61. The van der Waals surface area contributed by atoms with E-state index in [9.17, 15) is 5.11 Å². The Balaban J connectivity index is 0.000000431. The normalized spacial score (nSPS) is 17.5. The van der Waals surface area contributed by atoms with Gasteiger partial charge in [0.1, 0.15) is 5.69 Å². The second-order valence-electron chi connectivity index (χ2n) is 5.80. The third-order valence-electron chi connectivity index (χ3n) is 3.78. The van der Waals surface area contributed by atoms with E-state index in [0.29, 0.717) is 6.54 Å². The fourth-order valence-corrected chi connectivity index (χ4v) is 2.53. The van der Waals surface area contributed by atoms with Gasteiger partial charge in [-0.15, -0.1) is 10.2 Å². The molecule has 1 atom stereocenters. The predicted molar refractivity (Wildman–Crippen MR) is 80.0 cm³/mol. The van der Waals surface area contributed by atoms with E-state index in [1.807, 2.05) is 59.9 Å². The summed E-state index contributed by atoms with van der Waals surface area (Å²) in [5, 5.41) is 18.1. The molecule has 0 aliphatic carbocycles. The zero-order valence-electron chi connectivity index (χ0n) is 14.4. The summed E-state index contributed by atoms with van der Waals surface area (Å²) in [5.41, 5.74) is 1.94. The van der Waals surface area contributed by atoms with Gasteiger partial charge in [-0.1, -0.05) is 5.11 Å². The molecular weight excluding hydrogens is 366 g/mol. The first-order chi connectivity index (χ1) is 12.1. The number of aromatic nitrogens is 2. The molecule has 3 rings (SSSR count). The maximum Gasteiger partial charge on any atom is 0.421 e. The lowest BCUT2D eigenvalue weighted by Crippen LogP contribution is -2.68. The average Bonchev–Trinajstić information content (AvgIpc) is 3.11. The van der Waals surface area contributed by atoms with Crippen molar-refractivity contribution in [3.63, 3.8) is 0 Å². The van der Waals surface area contributed by atoms with Crippen molar-refractivity contribution in [2.45, 2.75) is 12.5 Å². The highest BCUT2D eigenvalue weighted by Gasteiger charge is 2.20. The summed E-state index contributed by atoms with van der Waals surface area (Å²) < 4.78 is 37.8. The minimum absolute atomic E-state index is 0.207. The van der Waals surface area contributed by atoms with Crippen molar-refractivity contribution < 1.29 is 38.6 Å². The van der Waals surface area contributed by atoms with E-state index in [2.05, 4.69) is 15.1 Å². The molecule has 11 heteroatoms. The number of halogens is 1. The molecule has 142 valence electrons. The number of anilines is 1. The fourth-order valence-electron chi connectivity index (χ4n) is 2.53. The Morgan fingerprint density at radius 1 is 1.15 bits per heavy atom. The van der Waals surface area contributed by atoms with Crippen molar-refractivity contribution in [2.75, 3.05) is 18.0 Å². The van der Waals surface area contributed by atoms with Crippen LogP contribution in [-0.4, -0.2) is 28.9 Å². The third-order valence-corrected chi connectivity index (χ3v) is 3.78. The molecule has 1 aromatic carbocycles. The first-order valence-corrected chi connectivity index (χ1v) is 8.94. The summed E-state index contributed by atoms with van der Waals surface area (Å²) in [5.74, 6) is 0.793. The van der Waals surface area contributed by atoms with Crippen molar-refractivity contribution >= 4 is 17.3 Å². The number of azo groups is 1. The molecular formula is C15H20ClN5O5. The van der Waals surface area contributed by atoms with Gasteiger partial charge in [0.15, 0.2) is 0 Å². The van der Waals surface area contributed by atoms with Gasteiger partial charge in [-0.2, -0.15) is 0 Å². The Morgan fingerprint density at radius 3 is 2.23 bits per heavy atom. The van der Waals surface area contributed by atoms with Crippen LogP contribution in [0.15, 0.2) is 46.9 Å². The number of benzene rings is 1. The van der Waals surface area contributed by atoms with Crippen molar-refractivity contribution in [3.8, 4) is 0 Å². The van der Waals surface area contributed by atoms with Gasteiger partial charge in [-0.3, -0.25) is 0 Å². The number of imidazole rings is 1. The Morgan fingerprint density at radius 2 is 1.77 bits per heavy atom. The molecule has 1 unspecified atom stereocenters. The summed E-state index contributed by atoms with van der Waals surface area (Å²) in [4.78, 5) is 2.18. The highest BCUT2D eigenvalue weighted by molar-refractivity contribution is 5.53. The molecule has 1 N–H and O–H groups in total. The van der Waals surface area contributed by atoms with E-state index in [1.54, 1.807) is 0 Å². The Kier molecular flexibility index (Phi) is 6.64. The lowest BCUT2D eigenvalue weighted by molar-refractivity contribution is -2.00. The van der Waals surface area contributed by atoms with Gasteiger partial charge in [0.05, 0.1) is 32.6 Å². The first-order valence-electron chi connectivity index (χ1n) is 7.71. The van der Waals surface area contributed by atoms with Crippen LogP contribution in [0.2, 0.25) is 0 Å². The van der Waals surface area contributed by atoms with Crippen LogP contribution in [0.1, 0.15) is 6.42 Å². The number of aliphatic hydroxyl groups is 1. The molecule has 0 amide bonds. The number of hydrogen-bond donors (Lipinski definition) is 1. The van der Waals surface area contributed by atoms with Crippen molar-refractivity contribution in [1.82, 2.24) is 4.57 Å². The second-order valence-corrected chi connectivity index (χ2v) is 6.56. The molecule has 1 aromatic heterocycles. The molecule has 2 aromatic rings. The van der Waals surface area contributed by atoms with Crippen LogP contribution in [-0.2, 0) is 14.1 Å². The number of aryl methyl sites for hydroxylation is 2. The number of aliphatic hydroxyl groups excluding tert-OH is 1. The number of hydrogen-bond acceptors (Lipinski definition) is 8.